The van der Waals surface area contributed by atoms with E-state index in [1.807, 2.05) is 17.0 Å². The molecule has 4 rings (SSSR count). The molecular weight excluding hydrogens is 342 g/mol. The van der Waals surface area contributed by atoms with Gasteiger partial charge in [-0.15, -0.1) is 0 Å². The zero-order valence-electron chi connectivity index (χ0n) is 16.3. The van der Waals surface area contributed by atoms with Crippen molar-refractivity contribution in [3.63, 3.8) is 0 Å². The Morgan fingerprint density at radius 3 is 2.67 bits per heavy atom. The van der Waals surface area contributed by atoms with Gasteiger partial charge in [0.2, 0.25) is 0 Å². The summed E-state index contributed by atoms with van der Waals surface area (Å²) in [5, 5.41) is 11.1. The lowest BCUT2D eigenvalue weighted by Gasteiger charge is -2.43. The van der Waals surface area contributed by atoms with E-state index < -0.39 is 5.60 Å². The highest BCUT2D eigenvalue weighted by atomic mass is 16.5. The lowest BCUT2D eigenvalue weighted by atomic mass is 9.90. The minimum atomic E-state index is -1.20. The van der Waals surface area contributed by atoms with Crippen molar-refractivity contribution in [3.8, 4) is 5.75 Å². The smallest absolute Gasteiger partial charge is 0.255 e. The topological polar surface area (TPSA) is 56.2 Å². The van der Waals surface area contributed by atoms with E-state index in [-0.39, 0.29) is 5.91 Å². The third-order valence-electron chi connectivity index (χ3n) is 6.16. The lowest BCUT2D eigenvalue weighted by molar-refractivity contribution is -0.159. The number of ether oxygens (including phenoxy) is 1. The second-order valence-electron chi connectivity index (χ2n) is 8.29. The van der Waals surface area contributed by atoms with Crippen LogP contribution in [0.2, 0.25) is 0 Å². The number of amides is 1. The molecule has 6 nitrogen and oxygen atoms in total. The Bertz CT molecular complexity index is 670. The van der Waals surface area contributed by atoms with E-state index in [0.29, 0.717) is 18.9 Å². The first kappa shape index (κ1) is 18.6. The Balaban J connectivity index is 1.33. The SMILES string of the molecule is COc1cccc(N2CCN(C[C@]3(O)CCCN(CC4CC4)C3=O)CC2)c1. The van der Waals surface area contributed by atoms with Crippen molar-refractivity contribution < 1.29 is 14.6 Å². The number of piperidine rings is 1. The standard InChI is InChI=1S/C21H31N3O3/c1-27-19-5-2-4-18(14-19)23-12-10-22(11-13-23)16-21(26)8-3-9-24(20(21)25)15-17-6-7-17/h2,4-5,14,17,26H,3,6-13,15-16H2,1H3/t21-/m1/s1. The van der Waals surface area contributed by atoms with Crippen molar-refractivity contribution >= 4 is 11.6 Å². The molecule has 27 heavy (non-hydrogen) atoms. The number of methoxy groups -OCH3 is 1. The van der Waals surface area contributed by atoms with Crippen molar-refractivity contribution in [1.82, 2.24) is 9.80 Å². The molecule has 2 aliphatic heterocycles. The van der Waals surface area contributed by atoms with E-state index in [1.165, 1.54) is 12.8 Å². The van der Waals surface area contributed by atoms with Crippen LogP contribution in [0, 0.1) is 5.92 Å². The van der Waals surface area contributed by atoms with E-state index >= 15 is 0 Å². The number of aliphatic hydroxyl groups is 1. The van der Waals surface area contributed by atoms with E-state index in [0.717, 1.165) is 57.1 Å². The first-order valence-corrected chi connectivity index (χ1v) is 10.2. The molecule has 148 valence electrons. The summed E-state index contributed by atoms with van der Waals surface area (Å²) < 4.78 is 5.32. The van der Waals surface area contributed by atoms with Crippen molar-refractivity contribution in [2.24, 2.45) is 5.92 Å². The molecule has 0 aromatic heterocycles. The van der Waals surface area contributed by atoms with Crippen LogP contribution in [0.25, 0.3) is 0 Å². The fourth-order valence-electron chi connectivity index (χ4n) is 4.34. The highest BCUT2D eigenvalue weighted by Crippen LogP contribution is 2.33. The van der Waals surface area contributed by atoms with Crippen LogP contribution in [0.1, 0.15) is 25.7 Å². The molecule has 1 aliphatic carbocycles. The van der Waals surface area contributed by atoms with Crippen LogP contribution in [0.3, 0.4) is 0 Å². The summed E-state index contributed by atoms with van der Waals surface area (Å²) in [6, 6.07) is 8.13. The van der Waals surface area contributed by atoms with Gasteiger partial charge in [-0.05, 0) is 43.7 Å². The van der Waals surface area contributed by atoms with E-state index in [9.17, 15) is 9.90 Å². The van der Waals surface area contributed by atoms with E-state index in [2.05, 4.69) is 21.9 Å². The highest BCUT2D eigenvalue weighted by Gasteiger charge is 2.44. The molecule has 0 spiro atoms. The van der Waals surface area contributed by atoms with Gasteiger partial charge in [0.25, 0.3) is 5.91 Å². The zero-order valence-corrected chi connectivity index (χ0v) is 16.3. The van der Waals surface area contributed by atoms with Crippen LogP contribution in [0.15, 0.2) is 24.3 Å². The summed E-state index contributed by atoms with van der Waals surface area (Å²) in [5.41, 5.74) is -0.0392. The molecule has 1 aromatic carbocycles. The fraction of sp³-hybridized carbons (Fsp3) is 0.667. The van der Waals surface area contributed by atoms with Crippen molar-refractivity contribution in [2.45, 2.75) is 31.3 Å². The van der Waals surface area contributed by atoms with Gasteiger partial charge in [-0.25, -0.2) is 0 Å². The van der Waals surface area contributed by atoms with Crippen molar-refractivity contribution in [1.29, 1.82) is 0 Å². The summed E-state index contributed by atoms with van der Waals surface area (Å²) in [5.74, 6) is 1.49. The summed E-state index contributed by atoms with van der Waals surface area (Å²) >= 11 is 0. The van der Waals surface area contributed by atoms with E-state index in [4.69, 9.17) is 4.74 Å². The normalized spacial score (nSPS) is 27.1. The molecule has 3 aliphatic rings. The molecule has 2 saturated heterocycles. The summed E-state index contributed by atoms with van der Waals surface area (Å²) in [6.45, 7) is 5.60. The number of piperazine rings is 1. The van der Waals surface area contributed by atoms with Crippen molar-refractivity contribution in [3.05, 3.63) is 24.3 Å². The number of nitrogens with zero attached hydrogens (tertiary/aromatic N) is 3. The third-order valence-corrected chi connectivity index (χ3v) is 6.16. The maximum absolute atomic E-state index is 12.9. The van der Waals surface area contributed by atoms with Gasteiger partial charge in [0, 0.05) is 57.6 Å². The second-order valence-corrected chi connectivity index (χ2v) is 8.29. The molecule has 0 radical (unpaired) electrons. The summed E-state index contributed by atoms with van der Waals surface area (Å²) in [6.07, 6.45) is 3.95. The fourth-order valence-corrected chi connectivity index (χ4v) is 4.34. The maximum atomic E-state index is 12.9. The van der Waals surface area contributed by atoms with Crippen LogP contribution < -0.4 is 9.64 Å². The number of carbonyl (C=O) groups excluding carboxylic acids is 1. The van der Waals surface area contributed by atoms with Crippen LogP contribution >= 0.6 is 0 Å². The largest absolute Gasteiger partial charge is 0.497 e. The van der Waals surface area contributed by atoms with Gasteiger partial charge in [0.15, 0.2) is 5.60 Å². The molecule has 2 heterocycles. The molecule has 1 aromatic rings. The third kappa shape index (κ3) is 4.22. The Morgan fingerprint density at radius 1 is 1.19 bits per heavy atom. The summed E-state index contributed by atoms with van der Waals surface area (Å²) in [7, 11) is 1.69. The minimum Gasteiger partial charge on any atom is -0.497 e. The van der Waals surface area contributed by atoms with Gasteiger partial charge < -0.3 is 19.6 Å². The minimum absolute atomic E-state index is 0.0455. The lowest BCUT2D eigenvalue weighted by Crippen LogP contribution is -2.60. The molecule has 3 fully saturated rings. The van der Waals surface area contributed by atoms with Gasteiger partial charge in [0.1, 0.15) is 5.75 Å². The van der Waals surface area contributed by atoms with Crippen LogP contribution in [0.4, 0.5) is 5.69 Å². The maximum Gasteiger partial charge on any atom is 0.255 e. The quantitative estimate of drug-likeness (QED) is 0.821. The monoisotopic (exact) mass is 373 g/mol. The molecule has 1 amide bonds. The molecule has 6 heteroatoms. The van der Waals surface area contributed by atoms with Gasteiger partial charge in [-0.2, -0.15) is 0 Å². The Morgan fingerprint density at radius 2 is 1.96 bits per heavy atom. The Kier molecular flexibility index (Phi) is 5.28. The number of benzene rings is 1. The van der Waals surface area contributed by atoms with Crippen LogP contribution in [-0.2, 0) is 4.79 Å². The molecule has 1 atom stereocenters. The predicted molar refractivity (Wildman–Crippen MR) is 105 cm³/mol. The first-order valence-electron chi connectivity index (χ1n) is 10.2. The van der Waals surface area contributed by atoms with Crippen molar-refractivity contribution in [2.75, 3.05) is 57.8 Å². The van der Waals surface area contributed by atoms with Crippen LogP contribution in [-0.4, -0.2) is 79.3 Å². The zero-order chi connectivity index (χ0) is 18.9. The number of hydrogen-bond donors (Lipinski definition) is 1. The number of rotatable bonds is 6. The van der Waals surface area contributed by atoms with Gasteiger partial charge in [0.05, 0.1) is 7.11 Å². The number of hydrogen-bond acceptors (Lipinski definition) is 5. The Labute approximate surface area is 161 Å². The molecular formula is C21H31N3O3. The number of anilines is 1. The van der Waals surface area contributed by atoms with Crippen LogP contribution in [0.5, 0.6) is 5.75 Å². The summed E-state index contributed by atoms with van der Waals surface area (Å²) in [4.78, 5) is 19.4. The van der Waals surface area contributed by atoms with E-state index in [1.54, 1.807) is 7.11 Å². The number of likely N-dealkylation sites (tertiary alicyclic amines) is 1. The molecule has 1 saturated carbocycles. The first-order chi connectivity index (χ1) is 13.1. The second kappa shape index (κ2) is 7.68. The predicted octanol–water partition coefficient (Wildman–Crippen LogP) is 1.58. The van der Waals surface area contributed by atoms with Gasteiger partial charge in [-0.1, -0.05) is 6.07 Å². The Hall–Kier alpha value is -1.79. The highest BCUT2D eigenvalue weighted by molar-refractivity contribution is 5.86. The molecule has 1 N–H and O–H groups in total. The molecule has 0 unspecified atom stereocenters. The molecule has 0 bridgehead atoms. The number of β-amino-alcohol motifs (C(OH)–C–C–N with tert-alkyl or cyclic N) is 1. The average Bonchev–Trinajstić information content (AvgIpc) is 3.50. The van der Waals surface area contributed by atoms with Gasteiger partial charge in [-0.3, -0.25) is 9.69 Å². The number of carbonyl (C=O) groups is 1. The van der Waals surface area contributed by atoms with Gasteiger partial charge >= 0.3 is 0 Å². The average molecular weight is 373 g/mol.